The lowest BCUT2D eigenvalue weighted by Gasteiger charge is -2.36. The predicted octanol–water partition coefficient (Wildman–Crippen LogP) is 14.8. The number of unbranched alkanes of at least 4 members (excludes halogenated alkanes) is 12. The molecule has 5 aromatic rings. The Bertz CT molecular complexity index is 2160. The summed E-state index contributed by atoms with van der Waals surface area (Å²) in [6, 6.07) is 11.9. The van der Waals surface area contributed by atoms with E-state index in [1.54, 1.807) is 9.80 Å². The molecule has 0 spiro atoms. The monoisotopic (exact) mass is 1010 g/mol. The quantitative estimate of drug-likeness (QED) is 0.0228. The van der Waals surface area contributed by atoms with Crippen molar-refractivity contribution in [1.82, 2.24) is 9.80 Å². The number of carbonyl (C=O) groups is 4. The lowest BCUT2D eigenvalue weighted by Crippen LogP contribution is -2.47. The Labute approximate surface area is 372 Å². The summed E-state index contributed by atoms with van der Waals surface area (Å²) < 4.78 is 1.64. The summed E-state index contributed by atoms with van der Waals surface area (Å²) in [5.74, 6) is -0.729. The molecular weight excluding hydrogens is 946 g/mol. The number of imide groups is 2. The second kappa shape index (κ2) is 19.2. The van der Waals surface area contributed by atoms with Gasteiger partial charge in [-0.15, -0.1) is 0 Å². The van der Waals surface area contributed by atoms with Crippen molar-refractivity contribution >= 4 is 112 Å². The third-order valence-electron chi connectivity index (χ3n) is 13.1. The lowest BCUT2D eigenvalue weighted by molar-refractivity contribution is 0.0500. The summed E-state index contributed by atoms with van der Waals surface area (Å²) in [4.78, 5) is 62.2. The molecule has 6 nitrogen and oxygen atoms in total. The second-order valence-corrected chi connectivity index (χ2v) is 19.4. The second-order valence-electron chi connectivity index (χ2n) is 17.0. The van der Waals surface area contributed by atoms with E-state index >= 15 is 0 Å². The minimum absolute atomic E-state index is 0.125. The first-order chi connectivity index (χ1) is 28.2. The van der Waals surface area contributed by atoms with E-state index in [2.05, 4.69) is 85.0 Å². The SMILES string of the molecule is CCCCCCC(CCCCCC)N1C(=O)c2ccc3c4cc(I)c5c6c(ccc(c7cc(I)c(c2c37)C1=O)c64)C(=O)N(C(CCCCCC)CCCCCC)C5=O. The molecule has 0 N–H and O–H groups in total. The average molecular weight is 1010 g/mol. The van der Waals surface area contributed by atoms with Crippen LogP contribution in [0.15, 0.2) is 36.4 Å². The fourth-order valence-electron chi connectivity index (χ4n) is 10.1. The molecule has 0 aliphatic carbocycles. The lowest BCUT2D eigenvalue weighted by atomic mass is 9.81. The highest BCUT2D eigenvalue weighted by Crippen LogP contribution is 2.49. The first-order valence-electron chi connectivity index (χ1n) is 22.5. The molecule has 0 saturated carbocycles. The van der Waals surface area contributed by atoms with Crippen molar-refractivity contribution < 1.29 is 19.2 Å². The van der Waals surface area contributed by atoms with Crippen LogP contribution in [0.1, 0.15) is 198 Å². The van der Waals surface area contributed by atoms with Gasteiger partial charge in [-0.1, -0.05) is 143 Å². The van der Waals surface area contributed by atoms with E-state index in [4.69, 9.17) is 0 Å². The van der Waals surface area contributed by atoms with Gasteiger partial charge in [-0.25, -0.2) is 0 Å². The summed E-state index contributed by atoms with van der Waals surface area (Å²) in [7, 11) is 0. The summed E-state index contributed by atoms with van der Waals surface area (Å²) >= 11 is 4.59. The number of carbonyl (C=O) groups excluding carboxylic acids is 4. The molecule has 7 rings (SSSR count). The Kier molecular flexibility index (Phi) is 14.3. The molecule has 0 unspecified atom stereocenters. The van der Waals surface area contributed by atoms with Gasteiger partial charge in [0.1, 0.15) is 0 Å². The maximum atomic E-state index is 14.8. The third-order valence-corrected chi connectivity index (χ3v) is 14.8. The minimum atomic E-state index is -0.186. The Morgan fingerprint density at radius 1 is 0.414 bits per heavy atom. The van der Waals surface area contributed by atoms with Crippen LogP contribution in [0.4, 0.5) is 0 Å². The predicted molar refractivity (Wildman–Crippen MR) is 257 cm³/mol. The number of hydrogen-bond acceptors (Lipinski definition) is 4. The molecule has 0 saturated heterocycles. The van der Waals surface area contributed by atoms with E-state index in [0.29, 0.717) is 22.3 Å². The van der Waals surface area contributed by atoms with Gasteiger partial charge in [0.15, 0.2) is 0 Å². The molecule has 58 heavy (non-hydrogen) atoms. The van der Waals surface area contributed by atoms with Crippen molar-refractivity contribution in [2.45, 2.75) is 168 Å². The number of hydrogen-bond donors (Lipinski definition) is 0. The highest BCUT2D eigenvalue weighted by Gasteiger charge is 2.42. The number of amides is 4. The van der Waals surface area contributed by atoms with Gasteiger partial charge in [0.2, 0.25) is 0 Å². The van der Waals surface area contributed by atoms with E-state index in [9.17, 15) is 19.2 Å². The average Bonchev–Trinajstić information content (AvgIpc) is 3.21. The van der Waals surface area contributed by atoms with E-state index in [1.807, 2.05) is 24.3 Å². The molecule has 0 fully saturated rings. The van der Waals surface area contributed by atoms with Crippen LogP contribution in [-0.2, 0) is 0 Å². The van der Waals surface area contributed by atoms with Gasteiger partial charge < -0.3 is 0 Å². The van der Waals surface area contributed by atoms with Crippen molar-refractivity contribution in [3.05, 3.63) is 65.8 Å². The summed E-state index contributed by atoms with van der Waals surface area (Å²) in [6.45, 7) is 8.83. The molecule has 0 bridgehead atoms. The smallest absolute Gasteiger partial charge is 0.262 e. The summed E-state index contributed by atoms with van der Waals surface area (Å²) in [5.41, 5.74) is 2.43. The van der Waals surface area contributed by atoms with Crippen LogP contribution in [0, 0.1) is 7.14 Å². The van der Waals surface area contributed by atoms with Crippen molar-refractivity contribution in [1.29, 1.82) is 0 Å². The first-order valence-corrected chi connectivity index (χ1v) is 24.7. The van der Waals surface area contributed by atoms with Crippen LogP contribution >= 0.6 is 45.2 Å². The molecule has 308 valence electrons. The Balaban J connectivity index is 1.34. The Hall–Kier alpha value is -2.86. The number of benzene rings is 5. The highest BCUT2D eigenvalue weighted by molar-refractivity contribution is 14.1. The van der Waals surface area contributed by atoms with E-state index < -0.39 is 0 Å². The van der Waals surface area contributed by atoms with Gasteiger partial charge in [-0.05, 0) is 127 Å². The first kappa shape index (κ1) is 43.2. The standard InChI is InChI=1S/C50H60I2N2O4/c1-5-9-13-17-21-31(22-18-14-10-6-2)53-47(55)35-27-25-33-38-30-40(52)46-44-36(28-26-34(42(38)44)37-29-39(51)45(49(53)57)43(35)41(33)37)48(56)54(50(46)58)32(23-19-15-11-7-3)24-20-16-12-8-4/h25-32H,5-24H2,1-4H3. The van der Waals surface area contributed by atoms with Gasteiger partial charge in [-0.2, -0.15) is 0 Å². The third kappa shape index (κ3) is 7.91. The van der Waals surface area contributed by atoms with Crippen molar-refractivity contribution in [2.24, 2.45) is 0 Å². The van der Waals surface area contributed by atoms with Gasteiger partial charge in [-0.3, -0.25) is 29.0 Å². The molecule has 4 amide bonds. The zero-order valence-electron chi connectivity index (χ0n) is 35.0. The molecule has 0 aromatic heterocycles. The van der Waals surface area contributed by atoms with E-state index in [-0.39, 0.29) is 35.7 Å². The van der Waals surface area contributed by atoms with Crippen LogP contribution < -0.4 is 0 Å². The summed E-state index contributed by atoms with van der Waals surface area (Å²) in [6.07, 6.45) is 21.0. The van der Waals surface area contributed by atoms with Crippen molar-refractivity contribution in [3.63, 3.8) is 0 Å². The van der Waals surface area contributed by atoms with E-state index in [0.717, 1.165) is 179 Å². The normalized spacial score (nSPS) is 14.4. The molecule has 0 radical (unpaired) electrons. The largest absolute Gasteiger partial charge is 0.271 e. The van der Waals surface area contributed by atoms with Gasteiger partial charge >= 0.3 is 0 Å². The number of fused-ring (bicyclic) bond motifs is 2. The Morgan fingerprint density at radius 2 is 0.741 bits per heavy atom. The van der Waals surface area contributed by atoms with Gasteiger partial charge in [0.25, 0.3) is 23.6 Å². The summed E-state index contributed by atoms with van der Waals surface area (Å²) in [5, 5.41) is 7.08. The van der Waals surface area contributed by atoms with Crippen LogP contribution in [0.3, 0.4) is 0 Å². The minimum Gasteiger partial charge on any atom is -0.271 e. The van der Waals surface area contributed by atoms with Crippen LogP contribution in [0.2, 0.25) is 0 Å². The van der Waals surface area contributed by atoms with Crippen molar-refractivity contribution in [3.8, 4) is 0 Å². The molecule has 2 heterocycles. The molecule has 8 heteroatoms. The number of nitrogens with zero attached hydrogens (tertiary/aromatic N) is 2. The van der Waals surface area contributed by atoms with Crippen LogP contribution in [0.25, 0.3) is 43.1 Å². The van der Waals surface area contributed by atoms with Crippen LogP contribution in [0.5, 0.6) is 0 Å². The number of rotatable bonds is 22. The Morgan fingerprint density at radius 3 is 1.05 bits per heavy atom. The zero-order chi connectivity index (χ0) is 41.1. The molecule has 0 atom stereocenters. The molecular formula is C50H60I2N2O4. The fraction of sp³-hybridized carbons (Fsp3) is 0.520. The van der Waals surface area contributed by atoms with Gasteiger partial charge in [0, 0.05) is 41.1 Å². The van der Waals surface area contributed by atoms with Crippen LogP contribution in [-0.4, -0.2) is 45.5 Å². The topological polar surface area (TPSA) is 74.8 Å². The fourth-order valence-corrected chi connectivity index (χ4v) is 11.7. The van der Waals surface area contributed by atoms with Gasteiger partial charge in [0.05, 0.1) is 11.1 Å². The molecule has 5 aromatic carbocycles. The molecule has 2 aliphatic heterocycles. The van der Waals surface area contributed by atoms with E-state index in [1.165, 1.54) is 0 Å². The maximum Gasteiger partial charge on any atom is 0.262 e. The highest BCUT2D eigenvalue weighted by atomic mass is 127. The zero-order valence-corrected chi connectivity index (χ0v) is 39.4. The maximum absolute atomic E-state index is 14.8. The number of halogens is 2. The molecule has 2 aliphatic rings. The van der Waals surface area contributed by atoms with Crippen molar-refractivity contribution in [2.75, 3.05) is 0 Å².